The quantitative estimate of drug-likeness (QED) is 0.194. The highest BCUT2D eigenvalue weighted by molar-refractivity contribution is 6.71. The van der Waals surface area contributed by atoms with Crippen LogP contribution in [0.5, 0.6) is 5.75 Å². The predicted octanol–water partition coefficient (Wildman–Crippen LogP) is 8.15. The Morgan fingerprint density at radius 1 is 0.792 bits per heavy atom. The summed E-state index contributed by atoms with van der Waals surface area (Å²) in [7, 11) is -8.51. The molecule has 0 radical (unpaired) electrons. The molecular weight excluding hydrogens is 696 g/mol. The lowest BCUT2D eigenvalue weighted by molar-refractivity contribution is -0.348. The number of benzene rings is 2. The van der Waals surface area contributed by atoms with Gasteiger partial charge in [-0.05, 0) is 120 Å². The van der Waals surface area contributed by atoms with Crippen LogP contribution in [0.3, 0.4) is 0 Å². The number of rotatable bonds is 14. The highest BCUT2D eigenvalue weighted by atomic mass is 35.5. The Bertz CT molecular complexity index is 1350. The lowest BCUT2D eigenvalue weighted by Crippen LogP contribution is -2.69. The van der Waals surface area contributed by atoms with Crippen LogP contribution < -0.4 is 4.74 Å². The van der Waals surface area contributed by atoms with Gasteiger partial charge in [-0.1, -0.05) is 29.8 Å². The zero-order valence-electron chi connectivity index (χ0n) is 31.1. The second kappa shape index (κ2) is 15.4. The van der Waals surface area contributed by atoms with Crippen LogP contribution >= 0.6 is 11.6 Å². The maximum Gasteiger partial charge on any atom is 0.221 e. The average molecular weight is 756 g/mol. The van der Waals surface area contributed by atoms with Gasteiger partial charge in [0.25, 0.3) is 0 Å². The van der Waals surface area contributed by atoms with Gasteiger partial charge in [0, 0.05) is 17.0 Å². The molecule has 2 aliphatic rings. The maximum absolute atomic E-state index is 13.0. The third-order valence-electron chi connectivity index (χ3n) is 7.81. The summed E-state index contributed by atoms with van der Waals surface area (Å²) in [6, 6.07) is 13.7. The van der Waals surface area contributed by atoms with Gasteiger partial charge in [-0.2, -0.15) is 0 Å². The fourth-order valence-corrected chi connectivity index (χ4v) is 10.00. The number of hydrogen-bond donors (Lipinski definition) is 1. The van der Waals surface area contributed by atoms with Crippen molar-refractivity contribution in [3.8, 4) is 5.75 Å². The van der Waals surface area contributed by atoms with Crippen LogP contribution in [-0.2, 0) is 39.4 Å². The molecule has 2 saturated heterocycles. The van der Waals surface area contributed by atoms with Gasteiger partial charge in [0.15, 0.2) is 33.3 Å². The Hall–Kier alpha value is -0.882. The molecule has 8 nitrogen and oxygen atoms in total. The van der Waals surface area contributed by atoms with E-state index in [-0.39, 0.29) is 12.7 Å². The van der Waals surface area contributed by atoms with Crippen molar-refractivity contribution in [1.82, 2.24) is 0 Å². The van der Waals surface area contributed by atoms with E-state index >= 15 is 0 Å². The Labute approximate surface area is 298 Å². The zero-order chi connectivity index (χ0) is 35.7. The molecule has 0 spiro atoms. The molecule has 0 aliphatic carbocycles. The van der Waals surface area contributed by atoms with Crippen molar-refractivity contribution < 1.29 is 37.0 Å². The summed E-state index contributed by atoms with van der Waals surface area (Å²) < 4.78 is 45.6. The zero-order valence-corrected chi connectivity index (χ0v) is 35.9. The first kappa shape index (κ1) is 39.9. The highest BCUT2D eigenvalue weighted by Gasteiger charge is 2.59. The van der Waals surface area contributed by atoms with E-state index in [1.165, 1.54) is 0 Å². The molecular formula is C35H59ClO8Si4. The minimum Gasteiger partial charge on any atom is -0.488 e. The van der Waals surface area contributed by atoms with Gasteiger partial charge in [0.2, 0.25) is 5.79 Å². The molecule has 2 heterocycles. The number of hydrogen-bond acceptors (Lipinski definition) is 8. The van der Waals surface area contributed by atoms with E-state index in [1.807, 2.05) is 30.3 Å². The lowest BCUT2D eigenvalue weighted by atomic mass is 9.87. The SMILES string of the molecule is C[Si](C)(C)OC[C@H]1O[C@@](O)(c2ccc(Cl)c(Cc3ccc(O[C@H]4CCOC4)cc3)c2)[C@H](O[Si](C)(C)C)[C@@H](O[Si](C)(C)C)[C@@H]1O[Si](C)(C)C. The van der Waals surface area contributed by atoms with Crippen LogP contribution in [-0.4, -0.2) is 88.7 Å². The van der Waals surface area contributed by atoms with Gasteiger partial charge in [0.1, 0.15) is 36.3 Å². The summed E-state index contributed by atoms with van der Waals surface area (Å²) in [6.45, 7) is 27.4. The number of halogens is 1. The molecule has 0 unspecified atom stereocenters. The fourth-order valence-electron chi connectivity index (χ4n) is 5.92. The Kier molecular flexibility index (Phi) is 12.8. The van der Waals surface area contributed by atoms with E-state index in [4.69, 9.17) is 43.5 Å². The average Bonchev–Trinajstić information content (AvgIpc) is 3.44. The normalized spacial score (nSPS) is 27.3. The number of aliphatic hydroxyl groups is 1. The fraction of sp³-hybridized carbons (Fsp3) is 0.657. The molecule has 2 fully saturated rings. The van der Waals surface area contributed by atoms with Gasteiger partial charge in [-0.15, -0.1) is 0 Å². The first-order chi connectivity index (χ1) is 22.0. The van der Waals surface area contributed by atoms with E-state index in [1.54, 1.807) is 0 Å². The van der Waals surface area contributed by atoms with E-state index < -0.39 is 63.5 Å². The van der Waals surface area contributed by atoms with Crippen molar-refractivity contribution >= 4 is 44.9 Å². The standard InChI is InChI=1S/C35H59ClO8Si4/c1-45(2,3)39-24-31-32(42-46(4,5)6)33(43-47(7,8)9)34(44-48(10,11)12)35(37,41-31)27-15-18-30(36)26(22-27)21-25-13-16-28(17-14-25)40-29-19-20-38-23-29/h13-18,22,29,31-34,37H,19-21,23-24H2,1-12H3/t29-,31+,32+,33-,34+,35-/m0/s1. The smallest absolute Gasteiger partial charge is 0.221 e. The van der Waals surface area contributed by atoms with Crippen LogP contribution in [0.25, 0.3) is 0 Å². The van der Waals surface area contributed by atoms with Gasteiger partial charge in [-0.25, -0.2) is 0 Å². The Morgan fingerprint density at radius 3 is 1.94 bits per heavy atom. The summed E-state index contributed by atoms with van der Waals surface area (Å²) in [5, 5.41) is 13.6. The molecule has 0 aromatic heterocycles. The van der Waals surface area contributed by atoms with E-state index in [9.17, 15) is 5.11 Å². The van der Waals surface area contributed by atoms with Crippen molar-refractivity contribution in [1.29, 1.82) is 0 Å². The van der Waals surface area contributed by atoms with Gasteiger partial charge >= 0.3 is 0 Å². The van der Waals surface area contributed by atoms with Crippen molar-refractivity contribution in [2.45, 2.75) is 128 Å². The van der Waals surface area contributed by atoms with Crippen LogP contribution in [0.15, 0.2) is 42.5 Å². The first-order valence-electron chi connectivity index (χ1n) is 17.2. The third kappa shape index (κ3) is 11.6. The second-order valence-corrected chi connectivity index (χ2v) is 35.3. The summed E-state index contributed by atoms with van der Waals surface area (Å²) in [4.78, 5) is 0. The molecule has 48 heavy (non-hydrogen) atoms. The largest absolute Gasteiger partial charge is 0.488 e. The summed E-state index contributed by atoms with van der Waals surface area (Å²) in [5.41, 5.74) is 2.51. The van der Waals surface area contributed by atoms with Crippen molar-refractivity contribution in [3.05, 3.63) is 64.2 Å². The second-order valence-electron chi connectivity index (χ2n) is 17.0. The molecule has 13 heteroatoms. The van der Waals surface area contributed by atoms with Crippen LogP contribution in [0, 0.1) is 0 Å². The summed E-state index contributed by atoms with van der Waals surface area (Å²) in [5.74, 6) is -1.03. The molecule has 2 aromatic carbocycles. The molecule has 2 aromatic rings. The molecule has 270 valence electrons. The minimum atomic E-state index is -2.27. The molecule has 4 rings (SSSR count). The Balaban J connectivity index is 1.76. The van der Waals surface area contributed by atoms with Crippen LogP contribution in [0.1, 0.15) is 23.1 Å². The van der Waals surface area contributed by atoms with Crippen molar-refractivity contribution in [2.24, 2.45) is 0 Å². The molecule has 2 aliphatic heterocycles. The predicted molar refractivity (Wildman–Crippen MR) is 203 cm³/mol. The molecule has 0 saturated carbocycles. The van der Waals surface area contributed by atoms with E-state index in [0.29, 0.717) is 23.6 Å². The van der Waals surface area contributed by atoms with Crippen molar-refractivity contribution in [2.75, 3.05) is 19.8 Å². The number of ether oxygens (including phenoxy) is 3. The highest BCUT2D eigenvalue weighted by Crippen LogP contribution is 2.44. The molecule has 6 atom stereocenters. The maximum atomic E-state index is 13.0. The van der Waals surface area contributed by atoms with Crippen molar-refractivity contribution in [3.63, 3.8) is 0 Å². The first-order valence-corrected chi connectivity index (χ1v) is 31.2. The third-order valence-corrected chi connectivity index (χ3v) is 12.1. The molecule has 0 bridgehead atoms. The molecule has 1 N–H and O–H groups in total. The lowest BCUT2D eigenvalue weighted by Gasteiger charge is -2.54. The summed E-state index contributed by atoms with van der Waals surface area (Å²) in [6.07, 6.45) is -0.941. The summed E-state index contributed by atoms with van der Waals surface area (Å²) >= 11 is 6.82. The van der Waals surface area contributed by atoms with Gasteiger partial charge in [0.05, 0.1) is 19.8 Å². The molecule has 0 amide bonds. The van der Waals surface area contributed by atoms with Gasteiger partial charge in [-0.3, -0.25) is 0 Å². The monoisotopic (exact) mass is 754 g/mol. The van der Waals surface area contributed by atoms with Gasteiger partial charge < -0.3 is 37.0 Å². The topological polar surface area (TPSA) is 84.8 Å². The van der Waals surface area contributed by atoms with E-state index in [2.05, 4.69) is 90.7 Å². The van der Waals surface area contributed by atoms with Crippen LogP contribution in [0.2, 0.25) is 83.6 Å². The van der Waals surface area contributed by atoms with E-state index in [0.717, 1.165) is 29.9 Å². The minimum absolute atomic E-state index is 0.0917. The Morgan fingerprint density at radius 2 is 1.40 bits per heavy atom. The van der Waals surface area contributed by atoms with Crippen LogP contribution in [0.4, 0.5) is 0 Å².